The molecule has 0 bridgehead atoms. The first kappa shape index (κ1) is 37.9. The zero-order valence-corrected chi connectivity index (χ0v) is 32.4. The highest BCUT2D eigenvalue weighted by Gasteiger charge is 2.34. The number of pyridine rings is 1. The molecule has 1 unspecified atom stereocenters. The number of piperazine rings is 1. The summed E-state index contributed by atoms with van der Waals surface area (Å²) < 4.78 is 13.6. The maximum atomic E-state index is 13.5. The predicted octanol–water partition coefficient (Wildman–Crippen LogP) is 6.72. The largest absolute Gasteiger partial charge is 0.496 e. The number of aryl methyl sites for hydroxylation is 1. The normalized spacial score (nSPS) is 20.2. The molecule has 3 heterocycles. The maximum absolute atomic E-state index is 13.5. The SMILES string of the molecule is COc1cc(-c2cn(C)c(=O)c(C)c2C)cc(OC)c1CN1C[C@H](C)N(Cc2cccc3c2CCN(C(=O)/C(C#N)=C/C(C)(C)C)C3C)C[C@@H]1C. The molecule has 3 atom stereocenters. The van der Waals surface area contributed by atoms with Gasteiger partial charge in [0.05, 0.1) is 25.8 Å². The van der Waals surface area contributed by atoms with Crippen LogP contribution < -0.4 is 15.0 Å². The van der Waals surface area contributed by atoms with Crippen molar-refractivity contribution in [3.05, 3.63) is 91.9 Å². The molecule has 0 radical (unpaired) electrons. The van der Waals surface area contributed by atoms with Gasteiger partial charge in [0.1, 0.15) is 23.1 Å². The van der Waals surface area contributed by atoms with Crippen molar-refractivity contribution < 1.29 is 14.3 Å². The second-order valence-corrected chi connectivity index (χ2v) is 15.6. The van der Waals surface area contributed by atoms with Crippen LogP contribution in [0.2, 0.25) is 0 Å². The number of carbonyl (C=O) groups is 1. The van der Waals surface area contributed by atoms with Gasteiger partial charge in [-0.25, -0.2) is 0 Å². The highest BCUT2D eigenvalue weighted by Crippen LogP contribution is 2.39. The number of hydrogen-bond donors (Lipinski definition) is 0. The number of methoxy groups -OCH3 is 2. The number of allylic oxidation sites excluding steroid dienone is 1. The van der Waals surface area contributed by atoms with E-state index in [1.54, 1.807) is 31.9 Å². The lowest BCUT2D eigenvalue weighted by Crippen LogP contribution is -2.55. The monoisotopic (exact) mass is 693 g/mol. The lowest BCUT2D eigenvalue weighted by molar-refractivity contribution is -0.129. The van der Waals surface area contributed by atoms with Crippen LogP contribution in [-0.4, -0.2) is 71.1 Å². The molecule has 5 rings (SSSR count). The molecule has 0 N–H and O–H groups in total. The molecule has 1 aromatic heterocycles. The lowest BCUT2D eigenvalue weighted by atomic mass is 9.88. The molecular weight excluding hydrogens is 638 g/mol. The van der Waals surface area contributed by atoms with Gasteiger partial charge in [-0.1, -0.05) is 45.0 Å². The van der Waals surface area contributed by atoms with Crippen LogP contribution in [0.15, 0.2) is 53.0 Å². The van der Waals surface area contributed by atoms with E-state index in [1.807, 2.05) is 45.7 Å². The summed E-state index contributed by atoms with van der Waals surface area (Å²) in [5.74, 6) is 1.35. The number of fused-ring (bicyclic) bond motifs is 1. The molecule has 0 saturated carbocycles. The molecular formula is C42H55N5O4. The average Bonchev–Trinajstić information content (AvgIpc) is 3.09. The van der Waals surface area contributed by atoms with Crippen molar-refractivity contribution in [3.63, 3.8) is 0 Å². The average molecular weight is 694 g/mol. The van der Waals surface area contributed by atoms with Gasteiger partial charge in [-0.3, -0.25) is 19.4 Å². The predicted molar refractivity (Wildman–Crippen MR) is 203 cm³/mol. The zero-order chi connectivity index (χ0) is 37.4. The standard InChI is InChI=1S/C42H55N5O4/c1-26-22-46(25-37-38(50-10)17-32(18-39(37)51-11)36-24-44(9)40(48)29(4)28(36)3)27(2)21-45(26)23-31-13-12-14-34-30(5)47(16-15-35(31)34)41(49)33(20-43)19-42(6,7)8/h12-14,17-19,24,26-27,30H,15-16,21-23,25H2,1-11H3/b33-19+/t26-,27-,30?/m0/s1. The van der Waals surface area contributed by atoms with Gasteiger partial charge in [-0.2, -0.15) is 5.26 Å². The summed E-state index contributed by atoms with van der Waals surface area (Å²) in [7, 11) is 5.19. The van der Waals surface area contributed by atoms with Gasteiger partial charge in [-0.05, 0) is 86.4 Å². The second kappa shape index (κ2) is 15.1. The number of nitrogens with zero attached hydrogens (tertiary/aromatic N) is 5. The fourth-order valence-corrected chi connectivity index (χ4v) is 7.79. The first-order valence-corrected chi connectivity index (χ1v) is 18.0. The van der Waals surface area contributed by atoms with Crippen molar-refractivity contribution in [2.24, 2.45) is 12.5 Å². The summed E-state index contributed by atoms with van der Waals surface area (Å²) >= 11 is 0. The van der Waals surface area contributed by atoms with E-state index >= 15 is 0 Å². The van der Waals surface area contributed by atoms with Crippen molar-refractivity contribution in [2.45, 2.75) is 93.0 Å². The number of nitriles is 1. The van der Waals surface area contributed by atoms with E-state index in [9.17, 15) is 14.9 Å². The molecule has 2 aromatic carbocycles. The molecule has 0 aliphatic carbocycles. The Hall–Kier alpha value is -4.39. The molecule has 1 amide bonds. The second-order valence-electron chi connectivity index (χ2n) is 15.6. The van der Waals surface area contributed by atoms with E-state index < -0.39 is 0 Å². The molecule has 51 heavy (non-hydrogen) atoms. The van der Waals surface area contributed by atoms with Crippen LogP contribution in [0.3, 0.4) is 0 Å². The minimum Gasteiger partial charge on any atom is -0.496 e. The van der Waals surface area contributed by atoms with Crippen LogP contribution >= 0.6 is 0 Å². The van der Waals surface area contributed by atoms with Crippen LogP contribution in [0.25, 0.3) is 11.1 Å². The topological polar surface area (TPSA) is 91.0 Å². The molecule has 2 aliphatic heterocycles. The first-order chi connectivity index (χ1) is 24.1. The summed E-state index contributed by atoms with van der Waals surface area (Å²) in [6.45, 7) is 20.5. The summed E-state index contributed by atoms with van der Waals surface area (Å²) in [5.41, 5.74) is 8.42. The number of aromatic nitrogens is 1. The van der Waals surface area contributed by atoms with Crippen LogP contribution in [0.5, 0.6) is 11.5 Å². The van der Waals surface area contributed by atoms with E-state index in [0.29, 0.717) is 19.1 Å². The Balaban J connectivity index is 1.33. The smallest absolute Gasteiger partial charge is 0.264 e. The Morgan fingerprint density at radius 3 is 2.16 bits per heavy atom. The molecule has 272 valence electrons. The summed E-state index contributed by atoms with van der Waals surface area (Å²) in [4.78, 5) is 32.9. The number of ether oxygens (including phenoxy) is 2. The van der Waals surface area contributed by atoms with Crippen molar-refractivity contribution in [2.75, 3.05) is 33.9 Å². The Morgan fingerprint density at radius 2 is 1.59 bits per heavy atom. The van der Waals surface area contributed by atoms with Gasteiger partial charge in [0.15, 0.2) is 0 Å². The van der Waals surface area contributed by atoms with Gasteiger partial charge in [0.2, 0.25) is 0 Å². The third-order valence-corrected chi connectivity index (χ3v) is 10.8. The Kier molecular flexibility index (Phi) is 11.2. The fourth-order valence-electron chi connectivity index (χ4n) is 7.79. The molecule has 9 heteroatoms. The van der Waals surface area contributed by atoms with Gasteiger partial charge >= 0.3 is 0 Å². The van der Waals surface area contributed by atoms with Crippen molar-refractivity contribution >= 4 is 5.91 Å². The molecule has 0 spiro atoms. The van der Waals surface area contributed by atoms with Gasteiger partial charge < -0.3 is 18.9 Å². The van der Waals surface area contributed by atoms with E-state index in [-0.39, 0.29) is 34.5 Å². The van der Waals surface area contributed by atoms with Crippen LogP contribution in [0.4, 0.5) is 0 Å². The molecule has 2 aliphatic rings. The lowest BCUT2D eigenvalue weighted by Gasteiger charge is -2.45. The maximum Gasteiger partial charge on any atom is 0.264 e. The zero-order valence-electron chi connectivity index (χ0n) is 32.4. The molecule has 1 saturated heterocycles. The van der Waals surface area contributed by atoms with E-state index in [0.717, 1.165) is 65.4 Å². The Morgan fingerprint density at radius 1 is 0.980 bits per heavy atom. The van der Waals surface area contributed by atoms with Crippen LogP contribution in [0.1, 0.15) is 81.0 Å². The highest BCUT2D eigenvalue weighted by atomic mass is 16.5. The molecule has 3 aromatic rings. The van der Waals surface area contributed by atoms with Crippen LogP contribution in [-0.2, 0) is 31.4 Å². The number of hydrogen-bond acceptors (Lipinski definition) is 7. The van der Waals surface area contributed by atoms with E-state index in [2.05, 4.69) is 67.0 Å². The number of rotatable bonds is 8. The van der Waals surface area contributed by atoms with E-state index in [4.69, 9.17) is 9.47 Å². The number of benzene rings is 2. The molecule has 9 nitrogen and oxygen atoms in total. The summed E-state index contributed by atoms with van der Waals surface area (Å²) in [6.07, 6.45) is 4.44. The Labute approximate surface area is 304 Å². The van der Waals surface area contributed by atoms with Crippen molar-refractivity contribution in [1.29, 1.82) is 5.26 Å². The first-order valence-electron chi connectivity index (χ1n) is 18.0. The Bertz CT molecular complexity index is 1910. The van der Waals surface area contributed by atoms with Gasteiger partial charge in [0, 0.05) is 69.2 Å². The third kappa shape index (κ3) is 7.78. The minimum atomic E-state index is -0.255. The quantitative estimate of drug-likeness (QED) is 0.191. The van der Waals surface area contributed by atoms with Gasteiger partial charge in [0.25, 0.3) is 11.5 Å². The minimum absolute atomic E-state index is 0.00808. The number of carbonyl (C=O) groups excluding carboxylic acids is 1. The number of amides is 1. The highest BCUT2D eigenvalue weighted by molar-refractivity contribution is 5.97. The van der Waals surface area contributed by atoms with Crippen molar-refractivity contribution in [3.8, 4) is 28.7 Å². The van der Waals surface area contributed by atoms with Crippen LogP contribution in [0, 0.1) is 30.6 Å². The van der Waals surface area contributed by atoms with Crippen molar-refractivity contribution in [1.82, 2.24) is 19.3 Å². The van der Waals surface area contributed by atoms with E-state index in [1.165, 1.54) is 16.7 Å². The fraction of sp³-hybridized carbons (Fsp3) is 0.500. The van der Waals surface area contributed by atoms with Gasteiger partial charge in [-0.15, -0.1) is 0 Å². The summed E-state index contributed by atoms with van der Waals surface area (Å²) in [6, 6.07) is 13.3. The summed E-state index contributed by atoms with van der Waals surface area (Å²) in [5, 5.41) is 9.79. The third-order valence-electron chi connectivity index (χ3n) is 10.8. The molecule has 1 fully saturated rings.